The van der Waals surface area contributed by atoms with Gasteiger partial charge in [-0.2, -0.15) is 0 Å². The van der Waals surface area contributed by atoms with Gasteiger partial charge in [0.25, 0.3) is 0 Å². The number of aliphatic hydroxyl groups is 1. The largest absolute Gasteiger partial charge is 0.396 e. The van der Waals surface area contributed by atoms with Crippen LogP contribution in [0.2, 0.25) is 5.02 Å². The van der Waals surface area contributed by atoms with Crippen LogP contribution in [0.1, 0.15) is 25.7 Å². The van der Waals surface area contributed by atoms with Crippen molar-refractivity contribution >= 4 is 28.2 Å². The molecule has 3 nitrogen and oxygen atoms in total. The number of halogens is 1. The third-order valence-corrected chi connectivity index (χ3v) is 4.30. The quantitative estimate of drug-likeness (QED) is 0.913. The smallest absolute Gasteiger partial charge is 0.0737 e. The van der Waals surface area contributed by atoms with Gasteiger partial charge < -0.3 is 10.0 Å². The highest BCUT2D eigenvalue weighted by Crippen LogP contribution is 2.34. The van der Waals surface area contributed by atoms with E-state index in [9.17, 15) is 0 Å². The molecule has 106 valence electrons. The van der Waals surface area contributed by atoms with Crippen molar-refractivity contribution in [2.24, 2.45) is 0 Å². The lowest BCUT2D eigenvalue weighted by molar-refractivity contribution is 0.283. The lowest BCUT2D eigenvalue weighted by Gasteiger charge is -2.39. The first-order chi connectivity index (χ1) is 9.79. The summed E-state index contributed by atoms with van der Waals surface area (Å²) < 4.78 is 0. The van der Waals surface area contributed by atoms with E-state index in [4.69, 9.17) is 16.7 Å². The van der Waals surface area contributed by atoms with Gasteiger partial charge in [-0.05, 0) is 49.9 Å². The molecule has 0 radical (unpaired) electrons. The number of nitrogens with zero attached hydrogens (tertiary/aromatic N) is 2. The average Bonchev–Trinajstić information content (AvgIpc) is 2.40. The van der Waals surface area contributed by atoms with Crippen LogP contribution in [-0.2, 0) is 0 Å². The Morgan fingerprint density at radius 3 is 2.85 bits per heavy atom. The van der Waals surface area contributed by atoms with Gasteiger partial charge in [0.1, 0.15) is 0 Å². The highest BCUT2D eigenvalue weighted by molar-refractivity contribution is 6.31. The summed E-state index contributed by atoms with van der Waals surface area (Å²) >= 11 is 6.05. The van der Waals surface area contributed by atoms with Gasteiger partial charge in [0.2, 0.25) is 0 Å². The van der Waals surface area contributed by atoms with E-state index in [1.807, 2.05) is 24.4 Å². The fraction of sp³-hybridized carbons (Fsp3) is 0.438. The first-order valence-electron chi connectivity index (χ1n) is 7.21. The Hall–Kier alpha value is -1.32. The van der Waals surface area contributed by atoms with Crippen LogP contribution >= 0.6 is 11.6 Å². The molecule has 1 aliphatic rings. The Labute approximate surface area is 124 Å². The van der Waals surface area contributed by atoms with Crippen molar-refractivity contribution in [1.29, 1.82) is 0 Å². The molecule has 20 heavy (non-hydrogen) atoms. The summed E-state index contributed by atoms with van der Waals surface area (Å²) in [7, 11) is 0. The van der Waals surface area contributed by atoms with Crippen LogP contribution in [0.15, 0.2) is 30.5 Å². The number of hydrogen-bond acceptors (Lipinski definition) is 3. The summed E-state index contributed by atoms with van der Waals surface area (Å²) in [6.45, 7) is 1.13. The van der Waals surface area contributed by atoms with E-state index in [-0.39, 0.29) is 6.61 Å². The minimum atomic E-state index is 0.234. The Morgan fingerprint density at radius 2 is 2.15 bits per heavy atom. The number of benzene rings is 1. The maximum absolute atomic E-state index is 9.13. The first kappa shape index (κ1) is 13.7. The summed E-state index contributed by atoms with van der Waals surface area (Å²) in [5.41, 5.74) is 2.15. The summed E-state index contributed by atoms with van der Waals surface area (Å²) in [5.74, 6) is 0. The number of anilines is 1. The van der Waals surface area contributed by atoms with Gasteiger partial charge in [0.15, 0.2) is 0 Å². The van der Waals surface area contributed by atoms with Crippen LogP contribution < -0.4 is 4.90 Å². The lowest BCUT2D eigenvalue weighted by atomic mass is 9.90. The molecule has 1 aliphatic carbocycles. The second kappa shape index (κ2) is 5.98. The van der Waals surface area contributed by atoms with E-state index >= 15 is 0 Å². The van der Waals surface area contributed by atoms with Crippen LogP contribution in [0.5, 0.6) is 0 Å². The zero-order chi connectivity index (χ0) is 13.9. The van der Waals surface area contributed by atoms with Gasteiger partial charge in [0.05, 0.1) is 5.52 Å². The Kier molecular flexibility index (Phi) is 4.08. The van der Waals surface area contributed by atoms with Crippen LogP contribution in [-0.4, -0.2) is 29.3 Å². The Balaban J connectivity index is 2.00. The maximum atomic E-state index is 9.13. The van der Waals surface area contributed by atoms with E-state index in [1.54, 1.807) is 0 Å². The lowest BCUT2D eigenvalue weighted by Crippen LogP contribution is -2.41. The van der Waals surface area contributed by atoms with Gasteiger partial charge in [-0.3, -0.25) is 4.98 Å². The molecule has 0 spiro atoms. The molecule has 1 saturated carbocycles. The number of pyridine rings is 1. The van der Waals surface area contributed by atoms with Gasteiger partial charge in [-0.1, -0.05) is 11.6 Å². The van der Waals surface area contributed by atoms with E-state index in [2.05, 4.69) is 16.0 Å². The van der Waals surface area contributed by atoms with Crippen LogP contribution in [0.3, 0.4) is 0 Å². The molecule has 0 unspecified atom stereocenters. The van der Waals surface area contributed by atoms with Crippen molar-refractivity contribution in [2.75, 3.05) is 18.1 Å². The molecule has 0 bridgehead atoms. The standard InChI is InChI=1S/C16H19ClN2O/c17-12-5-6-14-15(11-12)18-8-7-16(14)19(9-2-10-20)13-3-1-4-13/h5-8,11,13,20H,1-4,9-10H2. The van der Waals surface area contributed by atoms with Crippen molar-refractivity contribution in [3.8, 4) is 0 Å². The third kappa shape index (κ3) is 2.60. The van der Waals surface area contributed by atoms with E-state index in [1.165, 1.54) is 24.9 Å². The van der Waals surface area contributed by atoms with E-state index < -0.39 is 0 Å². The van der Waals surface area contributed by atoms with Gasteiger partial charge >= 0.3 is 0 Å². The Bertz CT molecular complexity index is 598. The highest BCUT2D eigenvalue weighted by Gasteiger charge is 2.25. The zero-order valence-electron chi connectivity index (χ0n) is 11.4. The molecule has 0 saturated heterocycles. The van der Waals surface area contributed by atoms with E-state index in [0.717, 1.165) is 23.9 Å². The zero-order valence-corrected chi connectivity index (χ0v) is 12.2. The SMILES string of the molecule is OCCCN(c1ccnc2cc(Cl)ccc12)C1CCC1. The number of aromatic nitrogens is 1. The molecular weight excluding hydrogens is 272 g/mol. The minimum absolute atomic E-state index is 0.234. The Morgan fingerprint density at radius 1 is 1.30 bits per heavy atom. The predicted molar refractivity (Wildman–Crippen MR) is 83.4 cm³/mol. The molecular formula is C16H19ClN2O. The topological polar surface area (TPSA) is 36.4 Å². The minimum Gasteiger partial charge on any atom is -0.396 e. The molecule has 2 aromatic rings. The van der Waals surface area contributed by atoms with E-state index in [0.29, 0.717) is 11.1 Å². The van der Waals surface area contributed by atoms with Gasteiger partial charge in [-0.15, -0.1) is 0 Å². The summed E-state index contributed by atoms with van der Waals surface area (Å²) in [6.07, 6.45) is 6.42. The first-order valence-corrected chi connectivity index (χ1v) is 7.59. The third-order valence-electron chi connectivity index (χ3n) is 4.06. The van der Waals surface area contributed by atoms with Crippen molar-refractivity contribution < 1.29 is 5.11 Å². The number of rotatable bonds is 5. The van der Waals surface area contributed by atoms with Crippen LogP contribution in [0.4, 0.5) is 5.69 Å². The number of fused-ring (bicyclic) bond motifs is 1. The average molecular weight is 291 g/mol. The molecule has 0 amide bonds. The van der Waals surface area contributed by atoms with Crippen LogP contribution in [0.25, 0.3) is 10.9 Å². The second-order valence-corrected chi connectivity index (χ2v) is 5.78. The predicted octanol–water partition coefficient (Wildman–Crippen LogP) is 3.63. The van der Waals surface area contributed by atoms with Crippen molar-refractivity contribution in [1.82, 2.24) is 4.98 Å². The molecule has 0 atom stereocenters. The summed E-state index contributed by atoms with van der Waals surface area (Å²) in [5, 5.41) is 11.0. The molecule has 1 heterocycles. The summed E-state index contributed by atoms with van der Waals surface area (Å²) in [6, 6.07) is 8.55. The fourth-order valence-electron chi connectivity index (χ4n) is 2.80. The molecule has 3 rings (SSSR count). The maximum Gasteiger partial charge on any atom is 0.0737 e. The summed E-state index contributed by atoms with van der Waals surface area (Å²) in [4.78, 5) is 6.84. The van der Waals surface area contributed by atoms with Crippen molar-refractivity contribution in [3.05, 3.63) is 35.5 Å². The molecule has 0 aliphatic heterocycles. The van der Waals surface area contributed by atoms with Crippen molar-refractivity contribution in [2.45, 2.75) is 31.7 Å². The number of aliphatic hydroxyl groups excluding tert-OH is 1. The number of hydrogen-bond donors (Lipinski definition) is 1. The van der Waals surface area contributed by atoms with Crippen LogP contribution in [0, 0.1) is 0 Å². The molecule has 1 fully saturated rings. The fourth-order valence-corrected chi connectivity index (χ4v) is 2.96. The normalized spacial score (nSPS) is 15.3. The monoisotopic (exact) mass is 290 g/mol. The molecule has 1 aromatic carbocycles. The van der Waals surface area contributed by atoms with Crippen molar-refractivity contribution in [3.63, 3.8) is 0 Å². The molecule has 1 aromatic heterocycles. The second-order valence-electron chi connectivity index (χ2n) is 5.35. The molecule has 1 N–H and O–H groups in total. The van der Waals surface area contributed by atoms with Gasteiger partial charge in [-0.25, -0.2) is 0 Å². The molecule has 4 heteroatoms. The highest BCUT2D eigenvalue weighted by atomic mass is 35.5. The van der Waals surface area contributed by atoms with Gasteiger partial charge in [0, 0.05) is 41.5 Å².